The number of piperidine rings is 1. The SMILES string of the molecule is CCCN1CCC(NC(=O)COc2ccc(Cl)cc2Cl)CC1. The van der Waals surface area contributed by atoms with Gasteiger partial charge in [0.1, 0.15) is 5.75 Å². The Morgan fingerprint density at radius 3 is 2.73 bits per heavy atom. The predicted octanol–water partition coefficient (Wildman–Crippen LogP) is 3.36. The van der Waals surface area contributed by atoms with Crippen molar-refractivity contribution in [2.24, 2.45) is 0 Å². The third kappa shape index (κ3) is 5.34. The van der Waals surface area contributed by atoms with Gasteiger partial charge in [-0.05, 0) is 44.0 Å². The molecule has 0 aromatic heterocycles. The number of ether oxygens (including phenoxy) is 1. The number of amides is 1. The first-order valence-electron chi connectivity index (χ1n) is 7.68. The molecule has 0 spiro atoms. The van der Waals surface area contributed by atoms with Gasteiger partial charge in [-0.25, -0.2) is 0 Å². The minimum absolute atomic E-state index is 0.0312. The minimum atomic E-state index is -0.111. The van der Waals surface area contributed by atoms with Gasteiger partial charge >= 0.3 is 0 Å². The summed E-state index contributed by atoms with van der Waals surface area (Å²) in [5, 5.41) is 3.98. The maximum atomic E-state index is 12.0. The van der Waals surface area contributed by atoms with E-state index in [1.165, 1.54) is 6.42 Å². The van der Waals surface area contributed by atoms with Gasteiger partial charge < -0.3 is 15.0 Å². The Morgan fingerprint density at radius 2 is 2.09 bits per heavy atom. The summed E-state index contributed by atoms with van der Waals surface area (Å²) in [5.74, 6) is 0.360. The van der Waals surface area contributed by atoms with Crippen LogP contribution in [0.15, 0.2) is 18.2 Å². The molecule has 4 nitrogen and oxygen atoms in total. The Morgan fingerprint density at radius 1 is 1.36 bits per heavy atom. The van der Waals surface area contributed by atoms with Crippen LogP contribution in [0, 0.1) is 0 Å². The van der Waals surface area contributed by atoms with Gasteiger partial charge in [0.25, 0.3) is 5.91 Å². The number of nitrogens with zero attached hydrogens (tertiary/aromatic N) is 1. The Kier molecular flexibility index (Phi) is 6.80. The summed E-state index contributed by atoms with van der Waals surface area (Å²) >= 11 is 11.8. The zero-order chi connectivity index (χ0) is 15.9. The van der Waals surface area contributed by atoms with Gasteiger partial charge in [0.15, 0.2) is 6.61 Å². The zero-order valence-electron chi connectivity index (χ0n) is 12.8. The van der Waals surface area contributed by atoms with Crippen molar-refractivity contribution in [3.05, 3.63) is 28.2 Å². The van der Waals surface area contributed by atoms with E-state index in [2.05, 4.69) is 17.1 Å². The second kappa shape index (κ2) is 8.61. The second-order valence-corrected chi connectivity index (χ2v) is 6.39. The molecule has 1 fully saturated rings. The van der Waals surface area contributed by atoms with E-state index in [0.29, 0.717) is 15.8 Å². The normalized spacial score (nSPS) is 16.5. The van der Waals surface area contributed by atoms with Crippen molar-refractivity contribution in [3.8, 4) is 5.75 Å². The summed E-state index contributed by atoms with van der Waals surface area (Å²) in [6, 6.07) is 5.19. The van der Waals surface area contributed by atoms with Crippen LogP contribution in [0.2, 0.25) is 10.0 Å². The number of hydrogen-bond donors (Lipinski definition) is 1. The average molecular weight is 345 g/mol. The fraction of sp³-hybridized carbons (Fsp3) is 0.562. The lowest BCUT2D eigenvalue weighted by Gasteiger charge is -2.32. The van der Waals surface area contributed by atoms with Gasteiger partial charge in [-0.2, -0.15) is 0 Å². The van der Waals surface area contributed by atoms with Crippen LogP contribution in [0.5, 0.6) is 5.75 Å². The zero-order valence-corrected chi connectivity index (χ0v) is 14.3. The monoisotopic (exact) mass is 344 g/mol. The summed E-state index contributed by atoms with van der Waals surface area (Å²) in [5.41, 5.74) is 0. The van der Waals surface area contributed by atoms with Crippen LogP contribution in [-0.2, 0) is 4.79 Å². The highest BCUT2D eigenvalue weighted by atomic mass is 35.5. The van der Waals surface area contributed by atoms with Crippen LogP contribution >= 0.6 is 23.2 Å². The molecule has 1 aliphatic rings. The molecule has 1 saturated heterocycles. The Balaban J connectivity index is 1.72. The molecule has 122 valence electrons. The maximum absolute atomic E-state index is 12.0. The number of carbonyl (C=O) groups is 1. The lowest BCUT2D eigenvalue weighted by molar-refractivity contribution is -0.124. The molecule has 1 amide bonds. The molecule has 0 atom stereocenters. The Hall–Kier alpha value is -0.970. The van der Waals surface area contributed by atoms with Gasteiger partial charge in [0, 0.05) is 24.2 Å². The molecule has 0 aliphatic carbocycles. The molecule has 1 heterocycles. The third-order valence-corrected chi connectivity index (χ3v) is 4.28. The van der Waals surface area contributed by atoms with Gasteiger partial charge in [0.05, 0.1) is 5.02 Å². The van der Waals surface area contributed by atoms with Crippen molar-refractivity contribution in [1.82, 2.24) is 10.2 Å². The molecule has 1 aromatic rings. The van der Waals surface area contributed by atoms with Gasteiger partial charge in [-0.1, -0.05) is 30.1 Å². The molecule has 6 heteroatoms. The van der Waals surface area contributed by atoms with Crippen LogP contribution in [0.4, 0.5) is 0 Å². The Labute approximate surface area is 141 Å². The third-order valence-electron chi connectivity index (χ3n) is 3.75. The summed E-state index contributed by atoms with van der Waals surface area (Å²) < 4.78 is 5.44. The number of halogens is 2. The molecule has 1 aliphatic heterocycles. The van der Waals surface area contributed by atoms with Crippen LogP contribution in [0.1, 0.15) is 26.2 Å². The largest absolute Gasteiger partial charge is 0.482 e. The van der Waals surface area contributed by atoms with E-state index < -0.39 is 0 Å². The molecule has 2 rings (SSSR count). The van der Waals surface area contributed by atoms with Crippen LogP contribution < -0.4 is 10.1 Å². The summed E-state index contributed by atoms with van der Waals surface area (Å²) in [6.07, 6.45) is 3.16. The standard InChI is InChI=1S/C16H22Cl2N2O2/c1-2-7-20-8-5-13(6-9-20)19-16(21)11-22-15-4-3-12(17)10-14(15)18/h3-4,10,13H,2,5-9,11H2,1H3,(H,19,21). The van der Waals surface area contributed by atoms with E-state index >= 15 is 0 Å². The van der Waals surface area contributed by atoms with E-state index in [9.17, 15) is 4.79 Å². The molecular formula is C16H22Cl2N2O2. The molecule has 0 bridgehead atoms. The fourth-order valence-electron chi connectivity index (χ4n) is 2.62. The molecule has 0 saturated carbocycles. The Bertz CT molecular complexity index is 503. The van der Waals surface area contributed by atoms with E-state index in [1.54, 1.807) is 18.2 Å². The van der Waals surface area contributed by atoms with E-state index in [4.69, 9.17) is 27.9 Å². The fourth-order valence-corrected chi connectivity index (χ4v) is 3.09. The van der Waals surface area contributed by atoms with Crippen LogP contribution in [0.3, 0.4) is 0 Å². The quantitative estimate of drug-likeness (QED) is 0.860. The van der Waals surface area contributed by atoms with Crippen molar-refractivity contribution >= 4 is 29.1 Å². The van der Waals surface area contributed by atoms with E-state index in [-0.39, 0.29) is 18.6 Å². The number of benzene rings is 1. The molecule has 0 unspecified atom stereocenters. The van der Waals surface area contributed by atoms with Crippen molar-refractivity contribution in [1.29, 1.82) is 0 Å². The second-order valence-electron chi connectivity index (χ2n) is 5.55. The van der Waals surface area contributed by atoms with Crippen molar-refractivity contribution in [2.45, 2.75) is 32.2 Å². The maximum Gasteiger partial charge on any atom is 0.258 e. The number of carbonyl (C=O) groups excluding carboxylic acids is 1. The minimum Gasteiger partial charge on any atom is -0.482 e. The number of likely N-dealkylation sites (tertiary alicyclic amines) is 1. The highest BCUT2D eigenvalue weighted by Crippen LogP contribution is 2.27. The smallest absolute Gasteiger partial charge is 0.258 e. The van der Waals surface area contributed by atoms with Gasteiger partial charge in [-0.15, -0.1) is 0 Å². The average Bonchev–Trinajstić information content (AvgIpc) is 2.49. The van der Waals surface area contributed by atoms with Crippen molar-refractivity contribution < 1.29 is 9.53 Å². The lowest BCUT2D eigenvalue weighted by atomic mass is 10.0. The predicted molar refractivity (Wildman–Crippen MR) is 89.9 cm³/mol. The molecule has 22 heavy (non-hydrogen) atoms. The van der Waals surface area contributed by atoms with E-state index in [1.807, 2.05) is 0 Å². The molecule has 1 N–H and O–H groups in total. The first kappa shape index (κ1) is 17.4. The topological polar surface area (TPSA) is 41.6 Å². The van der Waals surface area contributed by atoms with Gasteiger partial charge in [0.2, 0.25) is 0 Å². The lowest BCUT2D eigenvalue weighted by Crippen LogP contribution is -2.46. The molecular weight excluding hydrogens is 323 g/mol. The number of nitrogens with one attached hydrogen (secondary N) is 1. The van der Waals surface area contributed by atoms with Crippen LogP contribution in [0.25, 0.3) is 0 Å². The summed E-state index contributed by atoms with van der Waals surface area (Å²) in [6.45, 7) is 5.38. The van der Waals surface area contributed by atoms with Crippen LogP contribution in [-0.4, -0.2) is 43.1 Å². The van der Waals surface area contributed by atoms with Crippen molar-refractivity contribution in [2.75, 3.05) is 26.2 Å². The number of rotatable bonds is 6. The highest BCUT2D eigenvalue weighted by molar-refractivity contribution is 6.35. The summed E-state index contributed by atoms with van der Waals surface area (Å²) in [4.78, 5) is 14.4. The highest BCUT2D eigenvalue weighted by Gasteiger charge is 2.20. The van der Waals surface area contributed by atoms with E-state index in [0.717, 1.165) is 32.5 Å². The van der Waals surface area contributed by atoms with Crippen molar-refractivity contribution in [3.63, 3.8) is 0 Å². The number of hydrogen-bond acceptors (Lipinski definition) is 3. The molecule has 0 radical (unpaired) electrons. The first-order valence-corrected chi connectivity index (χ1v) is 8.43. The summed E-state index contributed by atoms with van der Waals surface area (Å²) in [7, 11) is 0. The first-order chi connectivity index (χ1) is 10.6. The van der Waals surface area contributed by atoms with Gasteiger partial charge in [-0.3, -0.25) is 4.79 Å². The molecule has 1 aromatic carbocycles.